The molecule has 1 unspecified atom stereocenters. The predicted octanol–water partition coefficient (Wildman–Crippen LogP) is -0.626. The van der Waals surface area contributed by atoms with E-state index in [1.165, 1.54) is 33.6 Å². The average Bonchev–Trinajstić information content (AvgIpc) is 3.56. The summed E-state index contributed by atoms with van der Waals surface area (Å²) in [5, 5.41) is 19.3. The number of benzene rings is 1. The number of carbonyl (C=O) groups is 5. The van der Waals surface area contributed by atoms with Crippen LogP contribution in [0.25, 0.3) is 5.69 Å². The van der Waals surface area contributed by atoms with E-state index in [9.17, 15) is 24.0 Å². The van der Waals surface area contributed by atoms with Gasteiger partial charge in [-0.05, 0) is 24.1 Å². The fourth-order valence-corrected chi connectivity index (χ4v) is 4.23. The van der Waals surface area contributed by atoms with Crippen molar-refractivity contribution in [3.63, 3.8) is 0 Å². The zero-order valence-electron chi connectivity index (χ0n) is 19.3. The standard InChI is InChI=1S/C22H21N9O5/c1-23-20(34)16-8-17(27-29(16)2)24-19(33)14-10-31(28-26-14)12-4-3-11-9-30(22(36)13(11)7-12)15-5-6-18(32)25-21(15)35/h3-4,7-8,10,15H,5-6,9H2,1-2H3,(H,23,34)(H,24,27,33)(H,25,32,35). The molecular formula is C22H21N9O5. The number of aryl methyl sites for hydroxylation is 1. The summed E-state index contributed by atoms with van der Waals surface area (Å²) in [6, 6.07) is 5.83. The van der Waals surface area contributed by atoms with E-state index in [0.29, 0.717) is 11.3 Å². The number of hydrogen-bond acceptors (Lipinski definition) is 8. The molecule has 5 amide bonds. The first-order valence-corrected chi connectivity index (χ1v) is 11.0. The lowest BCUT2D eigenvalue weighted by Gasteiger charge is -2.29. The topological polar surface area (TPSA) is 173 Å². The van der Waals surface area contributed by atoms with Crippen LogP contribution in [0.2, 0.25) is 0 Å². The normalized spacial score (nSPS) is 17.1. The molecule has 1 aromatic carbocycles. The summed E-state index contributed by atoms with van der Waals surface area (Å²) in [4.78, 5) is 62.6. The molecule has 0 saturated carbocycles. The first kappa shape index (κ1) is 22.9. The maximum absolute atomic E-state index is 13.0. The summed E-state index contributed by atoms with van der Waals surface area (Å²) >= 11 is 0. The van der Waals surface area contributed by atoms with Crippen molar-refractivity contribution in [2.45, 2.75) is 25.4 Å². The zero-order chi connectivity index (χ0) is 25.6. The fourth-order valence-electron chi connectivity index (χ4n) is 4.23. The van der Waals surface area contributed by atoms with Gasteiger partial charge in [0.25, 0.3) is 17.7 Å². The molecule has 0 aliphatic carbocycles. The molecule has 0 spiro atoms. The Morgan fingerprint density at radius 1 is 1.14 bits per heavy atom. The highest BCUT2D eigenvalue weighted by Crippen LogP contribution is 2.29. The lowest BCUT2D eigenvalue weighted by atomic mass is 10.0. The molecule has 14 heteroatoms. The number of fused-ring (bicyclic) bond motifs is 1. The van der Waals surface area contributed by atoms with Crippen molar-refractivity contribution in [3.05, 3.63) is 53.0 Å². The predicted molar refractivity (Wildman–Crippen MR) is 122 cm³/mol. The Hall–Kier alpha value is -4.88. The molecular weight excluding hydrogens is 470 g/mol. The van der Waals surface area contributed by atoms with Crippen molar-refractivity contribution < 1.29 is 24.0 Å². The van der Waals surface area contributed by atoms with Crippen molar-refractivity contribution in [1.29, 1.82) is 0 Å². The lowest BCUT2D eigenvalue weighted by Crippen LogP contribution is -2.52. The van der Waals surface area contributed by atoms with Gasteiger partial charge in [-0.25, -0.2) is 4.68 Å². The van der Waals surface area contributed by atoms with E-state index in [0.717, 1.165) is 5.56 Å². The Kier molecular flexibility index (Phi) is 5.54. The minimum atomic E-state index is -0.705. The van der Waals surface area contributed by atoms with E-state index in [-0.39, 0.29) is 54.3 Å². The van der Waals surface area contributed by atoms with Gasteiger partial charge >= 0.3 is 0 Å². The second-order valence-corrected chi connectivity index (χ2v) is 8.36. The second-order valence-electron chi connectivity index (χ2n) is 8.36. The summed E-state index contributed by atoms with van der Waals surface area (Å²) in [5.74, 6) is -1.89. The van der Waals surface area contributed by atoms with Gasteiger partial charge in [-0.15, -0.1) is 5.10 Å². The molecule has 1 saturated heterocycles. The minimum Gasteiger partial charge on any atom is -0.354 e. The maximum atomic E-state index is 13.0. The Balaban J connectivity index is 1.31. The molecule has 184 valence electrons. The highest BCUT2D eigenvalue weighted by Gasteiger charge is 2.39. The summed E-state index contributed by atoms with van der Waals surface area (Å²) in [6.45, 7) is 0.258. The van der Waals surface area contributed by atoms with Crippen molar-refractivity contribution in [1.82, 2.24) is 40.3 Å². The number of carbonyl (C=O) groups excluding carboxylic acids is 5. The van der Waals surface area contributed by atoms with Crippen LogP contribution < -0.4 is 16.0 Å². The molecule has 0 radical (unpaired) electrons. The summed E-state index contributed by atoms with van der Waals surface area (Å²) in [5.41, 5.74) is 1.92. The minimum absolute atomic E-state index is 0.000795. The number of rotatable bonds is 5. The first-order valence-electron chi connectivity index (χ1n) is 11.0. The molecule has 2 aliphatic heterocycles. The quantitative estimate of drug-likeness (QED) is 0.396. The lowest BCUT2D eigenvalue weighted by molar-refractivity contribution is -0.136. The van der Waals surface area contributed by atoms with Crippen LogP contribution in [0, 0.1) is 0 Å². The van der Waals surface area contributed by atoms with Crippen molar-refractivity contribution in [3.8, 4) is 5.69 Å². The second kappa shape index (κ2) is 8.72. The molecule has 3 aromatic rings. The third-order valence-corrected chi connectivity index (χ3v) is 6.08. The number of hydrogen-bond donors (Lipinski definition) is 3. The van der Waals surface area contributed by atoms with E-state index in [1.807, 2.05) is 0 Å². The van der Waals surface area contributed by atoms with Gasteiger partial charge in [-0.3, -0.25) is 34.0 Å². The van der Waals surface area contributed by atoms with Crippen LogP contribution in [-0.4, -0.2) is 72.3 Å². The van der Waals surface area contributed by atoms with Crippen molar-refractivity contribution in [2.75, 3.05) is 12.4 Å². The van der Waals surface area contributed by atoms with Gasteiger partial charge in [-0.2, -0.15) is 5.10 Å². The van der Waals surface area contributed by atoms with Crippen LogP contribution in [0.1, 0.15) is 49.7 Å². The summed E-state index contributed by atoms with van der Waals surface area (Å²) in [6.07, 6.45) is 1.86. The molecule has 5 rings (SSSR count). The van der Waals surface area contributed by atoms with E-state index in [4.69, 9.17) is 0 Å². The van der Waals surface area contributed by atoms with Gasteiger partial charge < -0.3 is 15.5 Å². The molecule has 36 heavy (non-hydrogen) atoms. The Morgan fingerprint density at radius 2 is 1.94 bits per heavy atom. The third-order valence-electron chi connectivity index (χ3n) is 6.08. The van der Waals surface area contributed by atoms with Gasteiger partial charge in [0.1, 0.15) is 11.7 Å². The molecule has 2 aromatic heterocycles. The molecule has 1 atom stereocenters. The van der Waals surface area contributed by atoms with Crippen LogP contribution in [0.5, 0.6) is 0 Å². The van der Waals surface area contributed by atoms with Gasteiger partial charge in [0.15, 0.2) is 11.5 Å². The highest BCUT2D eigenvalue weighted by molar-refractivity contribution is 6.06. The van der Waals surface area contributed by atoms with Crippen LogP contribution >= 0.6 is 0 Å². The summed E-state index contributed by atoms with van der Waals surface area (Å²) < 4.78 is 2.69. The maximum Gasteiger partial charge on any atom is 0.279 e. The number of nitrogens with one attached hydrogen (secondary N) is 3. The van der Waals surface area contributed by atoms with E-state index < -0.39 is 17.9 Å². The van der Waals surface area contributed by atoms with Crippen molar-refractivity contribution in [2.24, 2.45) is 7.05 Å². The number of aromatic nitrogens is 5. The monoisotopic (exact) mass is 491 g/mol. The third kappa shape index (κ3) is 3.97. The van der Waals surface area contributed by atoms with Crippen LogP contribution in [0.4, 0.5) is 5.82 Å². The molecule has 1 fully saturated rings. The number of imide groups is 1. The average molecular weight is 491 g/mol. The number of nitrogens with zero attached hydrogens (tertiary/aromatic N) is 6. The van der Waals surface area contributed by atoms with Gasteiger partial charge in [0, 0.05) is 38.7 Å². The van der Waals surface area contributed by atoms with Crippen molar-refractivity contribution >= 4 is 35.4 Å². The van der Waals surface area contributed by atoms with Crippen LogP contribution in [-0.2, 0) is 23.2 Å². The molecule has 14 nitrogen and oxygen atoms in total. The molecule has 0 bridgehead atoms. The SMILES string of the molecule is CNC(=O)c1cc(NC(=O)c2cn(-c3ccc4c(c3)C(=O)N(C3CCC(=O)NC3=O)C4)nn2)nn1C. The zero-order valence-corrected chi connectivity index (χ0v) is 19.3. The van der Waals surface area contributed by atoms with Gasteiger partial charge in [-0.1, -0.05) is 11.3 Å². The highest BCUT2D eigenvalue weighted by atomic mass is 16.2. The van der Waals surface area contributed by atoms with Gasteiger partial charge in [0.05, 0.1) is 11.9 Å². The van der Waals surface area contributed by atoms with E-state index in [1.54, 1.807) is 25.2 Å². The summed E-state index contributed by atoms with van der Waals surface area (Å²) in [7, 11) is 3.07. The first-order chi connectivity index (χ1) is 17.2. The number of amides is 5. The molecule has 3 N–H and O–H groups in total. The molecule has 2 aliphatic rings. The Morgan fingerprint density at radius 3 is 2.69 bits per heavy atom. The molecule has 4 heterocycles. The van der Waals surface area contributed by atoms with Crippen LogP contribution in [0.3, 0.4) is 0 Å². The number of piperidine rings is 1. The van der Waals surface area contributed by atoms with Gasteiger partial charge in [0.2, 0.25) is 11.8 Å². The van der Waals surface area contributed by atoms with E-state index >= 15 is 0 Å². The van der Waals surface area contributed by atoms with E-state index in [2.05, 4.69) is 31.4 Å². The smallest absolute Gasteiger partial charge is 0.279 e. The Labute approximate surface area is 203 Å². The number of anilines is 1. The largest absolute Gasteiger partial charge is 0.354 e. The Bertz CT molecular complexity index is 1440. The van der Waals surface area contributed by atoms with Crippen LogP contribution in [0.15, 0.2) is 30.5 Å². The fraction of sp³-hybridized carbons (Fsp3) is 0.273.